The van der Waals surface area contributed by atoms with E-state index in [-0.39, 0.29) is 17.0 Å². The minimum Gasteiger partial charge on any atom is -0.465 e. The molecule has 1 rings (SSSR count). The Labute approximate surface area is 125 Å². The second-order valence-electron chi connectivity index (χ2n) is 4.40. The number of nitrogens with two attached hydrogens (primary N) is 1. The van der Waals surface area contributed by atoms with Gasteiger partial charge in [-0.05, 0) is 24.6 Å². The lowest BCUT2D eigenvalue weighted by Gasteiger charge is -2.21. The quantitative estimate of drug-likeness (QED) is 0.469. The number of methoxy groups -OCH3 is 1. The number of hydrogen-bond donors (Lipinski definition) is 1. The lowest BCUT2D eigenvalue weighted by Crippen LogP contribution is -2.33. The zero-order valence-electron chi connectivity index (χ0n) is 12.2. The number of sulfonamides is 1. The fourth-order valence-corrected chi connectivity index (χ4v) is 3.55. The van der Waals surface area contributed by atoms with Gasteiger partial charge in [-0.3, -0.25) is 0 Å². The van der Waals surface area contributed by atoms with E-state index in [9.17, 15) is 13.2 Å². The number of ether oxygens (including phenoxy) is 1. The van der Waals surface area contributed by atoms with Crippen molar-refractivity contribution in [3.05, 3.63) is 36.4 Å². The van der Waals surface area contributed by atoms with Crippen LogP contribution in [0.25, 0.3) is 0 Å². The Hall–Kier alpha value is -1.86. The molecule has 0 aliphatic carbocycles. The van der Waals surface area contributed by atoms with Crippen LogP contribution in [0, 0.1) is 0 Å². The van der Waals surface area contributed by atoms with E-state index in [0.29, 0.717) is 18.7 Å². The standard InChI is InChI=1S/C14H20N2O4S/c1-4-8-16(9-5-2)21(18,19)13-7-6-11(15)10-12(13)14(17)20-3/h4,6-7,10H,1,5,8-9,15H2,2-3H3. The van der Waals surface area contributed by atoms with Gasteiger partial charge in [0.2, 0.25) is 10.0 Å². The van der Waals surface area contributed by atoms with Gasteiger partial charge in [0.25, 0.3) is 0 Å². The molecule has 116 valence electrons. The third-order valence-corrected chi connectivity index (χ3v) is 4.76. The topological polar surface area (TPSA) is 89.7 Å². The van der Waals surface area contributed by atoms with Crippen LogP contribution in [0.2, 0.25) is 0 Å². The average Bonchev–Trinajstić information content (AvgIpc) is 2.45. The van der Waals surface area contributed by atoms with Gasteiger partial charge in [-0.25, -0.2) is 13.2 Å². The molecule has 0 heterocycles. The molecule has 7 heteroatoms. The predicted molar refractivity (Wildman–Crippen MR) is 81.4 cm³/mol. The van der Waals surface area contributed by atoms with Crippen LogP contribution in [0.15, 0.2) is 35.7 Å². The molecule has 1 aromatic carbocycles. The summed E-state index contributed by atoms with van der Waals surface area (Å²) in [4.78, 5) is 11.7. The summed E-state index contributed by atoms with van der Waals surface area (Å²) in [5.41, 5.74) is 5.85. The van der Waals surface area contributed by atoms with Gasteiger partial charge in [0.05, 0.1) is 17.6 Å². The smallest absolute Gasteiger partial charge is 0.339 e. The molecule has 0 saturated carbocycles. The zero-order valence-corrected chi connectivity index (χ0v) is 13.0. The number of anilines is 1. The average molecular weight is 312 g/mol. The van der Waals surface area contributed by atoms with Gasteiger partial charge in [0.1, 0.15) is 0 Å². The molecular weight excluding hydrogens is 292 g/mol. The van der Waals surface area contributed by atoms with E-state index in [1.165, 1.54) is 35.7 Å². The fraction of sp³-hybridized carbons (Fsp3) is 0.357. The second-order valence-corrected chi connectivity index (χ2v) is 6.31. The van der Waals surface area contributed by atoms with Crippen LogP contribution >= 0.6 is 0 Å². The Morgan fingerprint density at radius 3 is 2.67 bits per heavy atom. The maximum Gasteiger partial charge on any atom is 0.339 e. The summed E-state index contributed by atoms with van der Waals surface area (Å²) in [6, 6.07) is 4.07. The van der Waals surface area contributed by atoms with E-state index in [1.54, 1.807) is 0 Å². The normalized spacial score (nSPS) is 11.4. The van der Waals surface area contributed by atoms with Gasteiger partial charge in [-0.15, -0.1) is 6.58 Å². The van der Waals surface area contributed by atoms with Crippen LogP contribution in [-0.2, 0) is 14.8 Å². The number of rotatable bonds is 7. The largest absolute Gasteiger partial charge is 0.465 e. The van der Waals surface area contributed by atoms with E-state index < -0.39 is 16.0 Å². The number of nitrogens with zero attached hydrogens (tertiary/aromatic N) is 1. The summed E-state index contributed by atoms with van der Waals surface area (Å²) >= 11 is 0. The van der Waals surface area contributed by atoms with Gasteiger partial charge < -0.3 is 10.5 Å². The van der Waals surface area contributed by atoms with Gasteiger partial charge in [-0.1, -0.05) is 13.0 Å². The lowest BCUT2D eigenvalue weighted by atomic mass is 10.2. The molecule has 0 radical (unpaired) electrons. The van der Waals surface area contributed by atoms with Gasteiger partial charge >= 0.3 is 5.97 Å². The molecule has 0 aromatic heterocycles. The first-order valence-corrected chi connectivity index (χ1v) is 7.91. The van der Waals surface area contributed by atoms with Crippen molar-refractivity contribution in [3.63, 3.8) is 0 Å². The van der Waals surface area contributed by atoms with Gasteiger partial charge in [-0.2, -0.15) is 4.31 Å². The summed E-state index contributed by atoms with van der Waals surface area (Å²) in [6.07, 6.45) is 2.15. The van der Waals surface area contributed by atoms with Crippen molar-refractivity contribution in [3.8, 4) is 0 Å². The van der Waals surface area contributed by atoms with E-state index >= 15 is 0 Å². The summed E-state index contributed by atoms with van der Waals surface area (Å²) < 4.78 is 31.3. The molecule has 0 spiro atoms. The summed E-state index contributed by atoms with van der Waals surface area (Å²) in [6.45, 7) is 5.93. The van der Waals surface area contributed by atoms with Crippen LogP contribution < -0.4 is 5.73 Å². The Morgan fingerprint density at radius 1 is 1.48 bits per heavy atom. The third-order valence-electron chi connectivity index (χ3n) is 2.83. The van der Waals surface area contributed by atoms with E-state index in [0.717, 1.165) is 0 Å². The second kappa shape index (κ2) is 7.24. The minimum absolute atomic E-state index is 0.0670. The number of esters is 1. The van der Waals surface area contributed by atoms with Crippen molar-refractivity contribution >= 4 is 21.7 Å². The maximum absolute atomic E-state index is 12.7. The van der Waals surface area contributed by atoms with Crippen molar-refractivity contribution in [2.75, 3.05) is 25.9 Å². The highest BCUT2D eigenvalue weighted by atomic mass is 32.2. The number of hydrogen-bond acceptors (Lipinski definition) is 5. The van der Waals surface area contributed by atoms with Crippen LogP contribution in [0.3, 0.4) is 0 Å². The first-order chi connectivity index (χ1) is 9.88. The van der Waals surface area contributed by atoms with Crippen molar-refractivity contribution < 1.29 is 17.9 Å². The Balaban J connectivity index is 3.42. The summed E-state index contributed by atoms with van der Waals surface area (Å²) in [5, 5.41) is 0. The molecule has 2 N–H and O–H groups in total. The van der Waals surface area contributed by atoms with Crippen LogP contribution in [-0.4, -0.2) is 38.9 Å². The molecule has 0 bridgehead atoms. The monoisotopic (exact) mass is 312 g/mol. The molecule has 0 amide bonds. The van der Waals surface area contributed by atoms with Crippen LogP contribution in [0.1, 0.15) is 23.7 Å². The SMILES string of the molecule is C=CCN(CCC)S(=O)(=O)c1ccc(N)cc1C(=O)OC. The number of benzene rings is 1. The first-order valence-electron chi connectivity index (χ1n) is 6.47. The Bertz CT molecular complexity index is 626. The molecule has 21 heavy (non-hydrogen) atoms. The first kappa shape index (κ1) is 17.2. The predicted octanol–water partition coefficient (Wildman–Crippen LogP) is 1.64. The van der Waals surface area contributed by atoms with Crippen molar-refractivity contribution in [2.45, 2.75) is 18.2 Å². The van der Waals surface area contributed by atoms with Gasteiger partial charge in [0, 0.05) is 18.8 Å². The zero-order chi connectivity index (χ0) is 16.0. The number of carbonyl (C=O) groups excluding carboxylic acids is 1. The molecular formula is C14H20N2O4S. The van der Waals surface area contributed by atoms with Crippen molar-refractivity contribution in [1.82, 2.24) is 4.31 Å². The van der Waals surface area contributed by atoms with Crippen LogP contribution in [0.5, 0.6) is 0 Å². The van der Waals surface area contributed by atoms with Crippen molar-refractivity contribution in [1.29, 1.82) is 0 Å². The molecule has 0 unspecified atom stereocenters. The van der Waals surface area contributed by atoms with Crippen molar-refractivity contribution in [2.24, 2.45) is 0 Å². The highest BCUT2D eigenvalue weighted by Gasteiger charge is 2.28. The number of carbonyl (C=O) groups is 1. The van der Waals surface area contributed by atoms with Gasteiger partial charge in [0.15, 0.2) is 0 Å². The molecule has 0 atom stereocenters. The summed E-state index contributed by atoms with van der Waals surface area (Å²) in [7, 11) is -2.63. The molecule has 1 aromatic rings. The number of nitrogen functional groups attached to an aromatic ring is 1. The minimum atomic E-state index is -3.82. The highest BCUT2D eigenvalue weighted by Crippen LogP contribution is 2.23. The molecule has 0 aliphatic heterocycles. The molecule has 0 fully saturated rings. The van der Waals surface area contributed by atoms with Crippen LogP contribution in [0.4, 0.5) is 5.69 Å². The summed E-state index contributed by atoms with van der Waals surface area (Å²) in [5.74, 6) is -0.740. The van der Waals surface area contributed by atoms with E-state index in [4.69, 9.17) is 5.73 Å². The fourth-order valence-electron chi connectivity index (χ4n) is 1.88. The molecule has 0 saturated heterocycles. The Morgan fingerprint density at radius 2 is 2.14 bits per heavy atom. The molecule has 6 nitrogen and oxygen atoms in total. The Kier molecular flexibility index (Phi) is 5.92. The highest BCUT2D eigenvalue weighted by molar-refractivity contribution is 7.89. The third kappa shape index (κ3) is 3.83. The maximum atomic E-state index is 12.7. The van der Waals surface area contributed by atoms with E-state index in [2.05, 4.69) is 11.3 Å². The molecule has 0 aliphatic rings. The lowest BCUT2D eigenvalue weighted by molar-refractivity contribution is 0.0596. The van der Waals surface area contributed by atoms with E-state index in [1.807, 2.05) is 6.92 Å².